The van der Waals surface area contributed by atoms with Gasteiger partial charge in [-0.1, -0.05) is 31.3 Å². The van der Waals surface area contributed by atoms with Crippen LogP contribution in [0.25, 0.3) is 10.2 Å². The summed E-state index contributed by atoms with van der Waals surface area (Å²) >= 11 is 1.40. The number of hydrogen-bond acceptors (Lipinski definition) is 8. The lowest BCUT2D eigenvalue weighted by molar-refractivity contribution is -0.120. The molecular weight excluding hydrogens is 442 g/mol. The predicted molar refractivity (Wildman–Crippen MR) is 131 cm³/mol. The van der Waals surface area contributed by atoms with E-state index in [4.69, 9.17) is 23.9 Å². The van der Waals surface area contributed by atoms with E-state index >= 15 is 0 Å². The number of aromatic nitrogens is 1. The van der Waals surface area contributed by atoms with E-state index < -0.39 is 0 Å². The van der Waals surface area contributed by atoms with Gasteiger partial charge < -0.3 is 23.8 Å². The first-order valence-electron chi connectivity index (χ1n) is 10.9. The average molecular weight is 474 g/mol. The van der Waals surface area contributed by atoms with Crippen molar-refractivity contribution in [1.29, 1.82) is 0 Å². The summed E-state index contributed by atoms with van der Waals surface area (Å²) in [4.78, 5) is 22.0. The zero-order valence-electron chi connectivity index (χ0n) is 19.8. The number of fused-ring (bicyclic) bond motifs is 1. The Morgan fingerprint density at radius 3 is 2.30 bits per heavy atom. The molecule has 8 nitrogen and oxygen atoms in total. The van der Waals surface area contributed by atoms with E-state index in [-0.39, 0.29) is 12.5 Å². The first kappa shape index (κ1) is 24.6. The van der Waals surface area contributed by atoms with Crippen molar-refractivity contribution in [2.75, 3.05) is 59.0 Å². The Labute approximate surface area is 198 Å². The predicted octanol–water partition coefficient (Wildman–Crippen LogP) is 4.08. The molecule has 0 N–H and O–H groups in total. The number of carbonyl (C=O) groups excluding carboxylic acids is 1. The molecule has 0 saturated carbocycles. The Bertz CT molecular complexity index is 1030. The van der Waals surface area contributed by atoms with Gasteiger partial charge in [-0.25, -0.2) is 4.98 Å². The SMILES string of the molecule is CCN(CC)CCN(C(=O)COc1cccc(OC)c1)c1nc2c(OC)ccc(OC)c2s1. The fourth-order valence-electron chi connectivity index (χ4n) is 3.41. The standard InChI is InChI=1S/C24H31N3O5S/c1-6-26(7-2)13-14-27(21(28)16-32-18-10-8-9-17(15-18)29-3)24-25-22-19(30-4)11-12-20(31-5)23(22)33-24/h8-12,15H,6-7,13-14,16H2,1-5H3. The van der Waals surface area contributed by atoms with Crippen molar-refractivity contribution in [2.45, 2.75) is 13.8 Å². The highest BCUT2D eigenvalue weighted by Gasteiger charge is 2.23. The van der Waals surface area contributed by atoms with Gasteiger partial charge in [-0.05, 0) is 37.4 Å². The largest absolute Gasteiger partial charge is 0.497 e. The van der Waals surface area contributed by atoms with Crippen molar-refractivity contribution in [1.82, 2.24) is 9.88 Å². The summed E-state index contributed by atoms with van der Waals surface area (Å²) in [5.41, 5.74) is 0.672. The smallest absolute Gasteiger partial charge is 0.266 e. The van der Waals surface area contributed by atoms with E-state index in [2.05, 4.69) is 18.7 Å². The summed E-state index contributed by atoms with van der Waals surface area (Å²) in [6, 6.07) is 10.9. The minimum atomic E-state index is -0.179. The fraction of sp³-hybridized carbons (Fsp3) is 0.417. The molecule has 0 radical (unpaired) electrons. The Morgan fingerprint density at radius 2 is 1.64 bits per heavy atom. The zero-order chi connectivity index (χ0) is 23.8. The topological polar surface area (TPSA) is 73.4 Å². The zero-order valence-corrected chi connectivity index (χ0v) is 20.6. The number of anilines is 1. The van der Waals surface area contributed by atoms with Gasteiger partial charge in [0.2, 0.25) is 0 Å². The van der Waals surface area contributed by atoms with E-state index in [0.29, 0.717) is 40.2 Å². The van der Waals surface area contributed by atoms with Crippen LogP contribution in [0.5, 0.6) is 23.0 Å². The molecule has 0 aliphatic rings. The van der Waals surface area contributed by atoms with Crippen LogP contribution in [0, 0.1) is 0 Å². The van der Waals surface area contributed by atoms with Crippen molar-refractivity contribution in [2.24, 2.45) is 0 Å². The highest BCUT2D eigenvalue weighted by atomic mass is 32.1. The van der Waals surface area contributed by atoms with Crippen molar-refractivity contribution in [3.8, 4) is 23.0 Å². The molecule has 3 rings (SSSR count). The first-order valence-corrected chi connectivity index (χ1v) is 11.7. The number of nitrogens with zero attached hydrogens (tertiary/aromatic N) is 3. The van der Waals surface area contributed by atoms with Gasteiger partial charge in [0.1, 0.15) is 33.2 Å². The second kappa shape index (κ2) is 11.7. The molecule has 9 heteroatoms. The van der Waals surface area contributed by atoms with Gasteiger partial charge in [-0.3, -0.25) is 9.69 Å². The number of amides is 1. The summed E-state index contributed by atoms with van der Waals surface area (Å²) in [7, 11) is 4.81. The summed E-state index contributed by atoms with van der Waals surface area (Å²) in [5.74, 6) is 2.39. The lowest BCUT2D eigenvalue weighted by Crippen LogP contribution is -2.41. The number of carbonyl (C=O) groups is 1. The van der Waals surface area contributed by atoms with Crippen molar-refractivity contribution < 1.29 is 23.7 Å². The molecule has 0 aliphatic heterocycles. The summed E-state index contributed by atoms with van der Waals surface area (Å²) in [6.45, 7) is 7.12. The highest BCUT2D eigenvalue weighted by Crippen LogP contribution is 2.40. The second-order valence-electron chi connectivity index (χ2n) is 7.18. The molecule has 0 saturated heterocycles. The second-order valence-corrected chi connectivity index (χ2v) is 8.16. The summed E-state index contributed by atoms with van der Waals surface area (Å²) in [6.07, 6.45) is 0. The third-order valence-corrected chi connectivity index (χ3v) is 6.46. The molecule has 1 heterocycles. The fourth-order valence-corrected chi connectivity index (χ4v) is 4.53. The molecular formula is C24H31N3O5S. The van der Waals surface area contributed by atoms with E-state index in [1.807, 2.05) is 24.3 Å². The van der Waals surface area contributed by atoms with Crippen molar-refractivity contribution >= 4 is 32.6 Å². The average Bonchev–Trinajstić information content (AvgIpc) is 3.30. The number of methoxy groups -OCH3 is 3. The number of likely N-dealkylation sites (N-methyl/N-ethyl adjacent to an activating group) is 1. The maximum atomic E-state index is 13.3. The Morgan fingerprint density at radius 1 is 0.939 bits per heavy atom. The Hall–Kier alpha value is -3.04. The molecule has 178 valence electrons. The minimum absolute atomic E-state index is 0.115. The lowest BCUT2D eigenvalue weighted by atomic mass is 10.3. The molecule has 2 aromatic carbocycles. The molecule has 0 bridgehead atoms. The number of hydrogen-bond donors (Lipinski definition) is 0. The molecule has 0 aliphatic carbocycles. The molecule has 3 aromatic rings. The molecule has 0 unspecified atom stereocenters. The number of thiazole rings is 1. The van der Waals surface area contributed by atoms with Crippen LogP contribution in [0.4, 0.5) is 5.13 Å². The minimum Gasteiger partial charge on any atom is -0.497 e. The molecule has 0 spiro atoms. The van der Waals surface area contributed by atoms with E-state index in [0.717, 1.165) is 24.3 Å². The normalized spacial score (nSPS) is 11.0. The number of benzene rings is 2. The van der Waals surface area contributed by atoms with Crippen LogP contribution >= 0.6 is 11.3 Å². The highest BCUT2D eigenvalue weighted by molar-refractivity contribution is 7.22. The van der Waals surface area contributed by atoms with Crippen LogP contribution in [-0.2, 0) is 4.79 Å². The molecule has 1 amide bonds. The molecule has 1 aromatic heterocycles. The van der Waals surface area contributed by atoms with Gasteiger partial charge in [0.25, 0.3) is 5.91 Å². The quantitative estimate of drug-likeness (QED) is 0.392. The van der Waals surface area contributed by atoms with Crippen molar-refractivity contribution in [3.05, 3.63) is 36.4 Å². The molecule has 0 atom stereocenters. The summed E-state index contributed by atoms with van der Waals surface area (Å²) < 4.78 is 22.8. The van der Waals surface area contributed by atoms with Crippen LogP contribution in [0.2, 0.25) is 0 Å². The number of ether oxygens (including phenoxy) is 4. The lowest BCUT2D eigenvalue weighted by Gasteiger charge is -2.24. The maximum absolute atomic E-state index is 13.3. The third-order valence-electron chi connectivity index (χ3n) is 5.37. The van der Waals surface area contributed by atoms with Crippen LogP contribution in [-0.4, -0.2) is 69.9 Å². The van der Waals surface area contributed by atoms with Crippen LogP contribution in [0.1, 0.15) is 13.8 Å². The van der Waals surface area contributed by atoms with Crippen LogP contribution in [0.3, 0.4) is 0 Å². The van der Waals surface area contributed by atoms with Gasteiger partial charge in [-0.15, -0.1) is 0 Å². The Balaban J connectivity index is 1.89. The summed E-state index contributed by atoms with van der Waals surface area (Å²) in [5, 5.41) is 0.583. The van der Waals surface area contributed by atoms with E-state index in [9.17, 15) is 4.79 Å². The van der Waals surface area contributed by atoms with E-state index in [1.165, 1.54) is 11.3 Å². The maximum Gasteiger partial charge on any atom is 0.266 e. The van der Waals surface area contributed by atoms with Gasteiger partial charge in [-0.2, -0.15) is 0 Å². The van der Waals surface area contributed by atoms with Gasteiger partial charge in [0.05, 0.1) is 21.3 Å². The van der Waals surface area contributed by atoms with Gasteiger partial charge in [0.15, 0.2) is 11.7 Å². The van der Waals surface area contributed by atoms with E-state index in [1.54, 1.807) is 38.4 Å². The first-order chi connectivity index (χ1) is 16.0. The third kappa shape index (κ3) is 5.85. The van der Waals surface area contributed by atoms with Crippen molar-refractivity contribution in [3.63, 3.8) is 0 Å². The van der Waals surface area contributed by atoms with Crippen LogP contribution in [0.15, 0.2) is 36.4 Å². The van der Waals surface area contributed by atoms with Gasteiger partial charge in [0, 0.05) is 19.2 Å². The Kier molecular flexibility index (Phi) is 8.73. The molecule has 33 heavy (non-hydrogen) atoms. The van der Waals surface area contributed by atoms with Crippen LogP contribution < -0.4 is 23.8 Å². The monoisotopic (exact) mass is 473 g/mol. The van der Waals surface area contributed by atoms with Gasteiger partial charge >= 0.3 is 0 Å². The molecule has 0 fully saturated rings. The number of rotatable bonds is 12.